The fraction of sp³-hybridized carbons (Fsp3) is 0. The molecule has 0 saturated carbocycles. The van der Waals surface area contributed by atoms with E-state index in [1.807, 2.05) is 0 Å². The molecule has 0 aliphatic carbocycles. The van der Waals surface area contributed by atoms with Gasteiger partial charge in [0.1, 0.15) is 5.69 Å². The summed E-state index contributed by atoms with van der Waals surface area (Å²) in [5, 5.41) is 0. The molecule has 0 aliphatic heterocycles. The number of hydrazine groups is 1. The van der Waals surface area contributed by atoms with E-state index in [1.54, 1.807) is 24.3 Å². The van der Waals surface area contributed by atoms with E-state index >= 15 is 0 Å². The summed E-state index contributed by atoms with van der Waals surface area (Å²) in [5.74, 6) is -0.992. The molecule has 96 valence electrons. The maximum atomic E-state index is 11.7. The number of nitrogens with one attached hydrogen (secondary N) is 2. The number of hydrogen-bond donors (Lipinski definition) is 3. The van der Waals surface area contributed by atoms with Gasteiger partial charge in [0.25, 0.3) is 11.8 Å². The monoisotopic (exact) mass is 257 g/mol. The van der Waals surface area contributed by atoms with Gasteiger partial charge in [-0.2, -0.15) is 0 Å². The van der Waals surface area contributed by atoms with Gasteiger partial charge in [0.05, 0.1) is 6.20 Å². The van der Waals surface area contributed by atoms with Gasteiger partial charge in [-0.25, -0.2) is 4.98 Å². The average molecular weight is 257 g/mol. The van der Waals surface area contributed by atoms with Crippen LogP contribution in [0.2, 0.25) is 0 Å². The first-order valence-corrected chi connectivity index (χ1v) is 5.39. The first-order chi connectivity index (χ1) is 9.16. The van der Waals surface area contributed by atoms with Gasteiger partial charge in [0, 0.05) is 23.6 Å². The molecule has 4 N–H and O–H groups in total. The molecule has 0 aliphatic rings. The Kier molecular flexibility index (Phi) is 3.67. The van der Waals surface area contributed by atoms with Crippen molar-refractivity contribution in [3.8, 4) is 0 Å². The summed E-state index contributed by atoms with van der Waals surface area (Å²) in [4.78, 5) is 30.8. The zero-order valence-electron chi connectivity index (χ0n) is 9.83. The van der Waals surface area contributed by atoms with E-state index in [0.717, 1.165) is 0 Å². The molecule has 1 aromatic heterocycles. The zero-order chi connectivity index (χ0) is 13.7. The molecule has 2 aromatic rings. The van der Waals surface area contributed by atoms with Crippen molar-refractivity contribution >= 4 is 17.5 Å². The molecule has 0 fully saturated rings. The number of anilines is 1. The molecule has 0 radical (unpaired) electrons. The third-order valence-corrected chi connectivity index (χ3v) is 2.26. The van der Waals surface area contributed by atoms with Crippen LogP contribution in [0, 0.1) is 0 Å². The van der Waals surface area contributed by atoms with Crippen molar-refractivity contribution in [2.24, 2.45) is 0 Å². The number of rotatable bonds is 2. The second kappa shape index (κ2) is 5.58. The maximum Gasteiger partial charge on any atom is 0.289 e. The topological polar surface area (TPSA) is 110 Å². The molecular formula is C12H11N5O2. The number of nitrogens with two attached hydrogens (primary N) is 1. The second-order valence-corrected chi connectivity index (χ2v) is 3.62. The number of amides is 2. The van der Waals surface area contributed by atoms with Crippen molar-refractivity contribution < 1.29 is 9.59 Å². The summed E-state index contributed by atoms with van der Waals surface area (Å²) >= 11 is 0. The Morgan fingerprint density at radius 3 is 2.32 bits per heavy atom. The highest BCUT2D eigenvalue weighted by Crippen LogP contribution is 2.04. The quantitative estimate of drug-likeness (QED) is 0.523. The van der Waals surface area contributed by atoms with Crippen LogP contribution < -0.4 is 16.6 Å². The third kappa shape index (κ3) is 3.25. The SMILES string of the molecule is Nc1ccc(C(=O)NNC(=O)c2cnccn2)cc1. The molecule has 0 bridgehead atoms. The first-order valence-electron chi connectivity index (χ1n) is 5.39. The molecule has 0 unspecified atom stereocenters. The Hall–Kier alpha value is -2.96. The van der Waals surface area contributed by atoms with E-state index in [-0.39, 0.29) is 5.69 Å². The Morgan fingerprint density at radius 2 is 1.68 bits per heavy atom. The van der Waals surface area contributed by atoms with Crippen molar-refractivity contribution in [3.05, 3.63) is 54.1 Å². The van der Waals surface area contributed by atoms with Crippen molar-refractivity contribution in [1.82, 2.24) is 20.8 Å². The summed E-state index contributed by atoms with van der Waals surface area (Å²) < 4.78 is 0. The van der Waals surface area contributed by atoms with Crippen LogP contribution in [0.25, 0.3) is 0 Å². The predicted octanol–water partition coefficient (Wildman–Crippen LogP) is 0.134. The number of aromatic nitrogens is 2. The van der Waals surface area contributed by atoms with Gasteiger partial charge in [0.2, 0.25) is 0 Å². The van der Waals surface area contributed by atoms with Crippen molar-refractivity contribution in [3.63, 3.8) is 0 Å². The molecule has 19 heavy (non-hydrogen) atoms. The van der Waals surface area contributed by atoms with Gasteiger partial charge in [0.15, 0.2) is 0 Å². The number of nitrogens with zero attached hydrogens (tertiary/aromatic N) is 2. The molecule has 2 amide bonds. The lowest BCUT2D eigenvalue weighted by Gasteiger charge is -2.06. The van der Waals surface area contributed by atoms with Crippen LogP contribution in [0.5, 0.6) is 0 Å². The van der Waals surface area contributed by atoms with Gasteiger partial charge >= 0.3 is 0 Å². The van der Waals surface area contributed by atoms with Crippen molar-refractivity contribution in [2.45, 2.75) is 0 Å². The molecule has 0 atom stereocenters. The van der Waals surface area contributed by atoms with Gasteiger partial charge < -0.3 is 5.73 Å². The summed E-state index contributed by atoms with van der Waals surface area (Å²) in [6.07, 6.45) is 4.13. The fourth-order valence-electron chi connectivity index (χ4n) is 1.30. The first kappa shape index (κ1) is 12.5. The second-order valence-electron chi connectivity index (χ2n) is 3.62. The average Bonchev–Trinajstić information content (AvgIpc) is 2.46. The predicted molar refractivity (Wildman–Crippen MR) is 67.8 cm³/mol. The highest BCUT2D eigenvalue weighted by Gasteiger charge is 2.09. The van der Waals surface area contributed by atoms with Gasteiger partial charge in [-0.1, -0.05) is 0 Å². The number of hydrogen-bond acceptors (Lipinski definition) is 5. The fourth-order valence-corrected chi connectivity index (χ4v) is 1.30. The van der Waals surface area contributed by atoms with Crippen LogP contribution in [0.15, 0.2) is 42.9 Å². The zero-order valence-corrected chi connectivity index (χ0v) is 9.83. The van der Waals surface area contributed by atoms with Crippen molar-refractivity contribution in [2.75, 3.05) is 5.73 Å². The summed E-state index contributed by atoms with van der Waals surface area (Å²) in [6.45, 7) is 0. The summed E-state index contributed by atoms with van der Waals surface area (Å²) in [5.41, 5.74) is 11.1. The highest BCUT2D eigenvalue weighted by atomic mass is 16.2. The van der Waals surface area contributed by atoms with E-state index in [1.165, 1.54) is 18.6 Å². The van der Waals surface area contributed by atoms with E-state index in [4.69, 9.17) is 5.73 Å². The number of nitrogen functional groups attached to an aromatic ring is 1. The van der Waals surface area contributed by atoms with Crippen LogP contribution >= 0.6 is 0 Å². The summed E-state index contributed by atoms with van der Waals surface area (Å²) in [7, 11) is 0. The minimum absolute atomic E-state index is 0.111. The van der Waals surface area contributed by atoms with Crippen LogP contribution in [0.3, 0.4) is 0 Å². The lowest BCUT2D eigenvalue weighted by atomic mass is 10.2. The maximum absolute atomic E-state index is 11.7. The number of carbonyl (C=O) groups is 2. The number of benzene rings is 1. The molecule has 2 rings (SSSR count). The lowest BCUT2D eigenvalue weighted by molar-refractivity contribution is 0.0843. The Bertz CT molecular complexity index is 583. The van der Waals surface area contributed by atoms with E-state index in [9.17, 15) is 9.59 Å². The Balaban J connectivity index is 1.94. The van der Waals surface area contributed by atoms with Crippen LogP contribution in [-0.2, 0) is 0 Å². The van der Waals surface area contributed by atoms with E-state index < -0.39 is 11.8 Å². The molecule has 0 saturated heterocycles. The van der Waals surface area contributed by atoms with Gasteiger partial charge in [-0.05, 0) is 24.3 Å². The normalized spacial score (nSPS) is 9.68. The molecule has 0 spiro atoms. The van der Waals surface area contributed by atoms with Crippen LogP contribution in [0.1, 0.15) is 20.8 Å². The minimum atomic E-state index is -0.545. The Morgan fingerprint density at radius 1 is 1.00 bits per heavy atom. The van der Waals surface area contributed by atoms with Crippen LogP contribution in [-0.4, -0.2) is 21.8 Å². The van der Waals surface area contributed by atoms with Gasteiger partial charge in [-0.15, -0.1) is 0 Å². The minimum Gasteiger partial charge on any atom is -0.399 e. The van der Waals surface area contributed by atoms with Crippen LogP contribution in [0.4, 0.5) is 5.69 Å². The Labute approximate surface area is 108 Å². The highest BCUT2D eigenvalue weighted by molar-refractivity contribution is 5.98. The van der Waals surface area contributed by atoms with E-state index in [0.29, 0.717) is 11.3 Å². The molecule has 1 aromatic carbocycles. The molecule has 7 heteroatoms. The largest absolute Gasteiger partial charge is 0.399 e. The number of carbonyl (C=O) groups excluding carboxylic acids is 2. The lowest BCUT2D eigenvalue weighted by Crippen LogP contribution is -2.41. The third-order valence-electron chi connectivity index (χ3n) is 2.26. The van der Waals surface area contributed by atoms with E-state index in [2.05, 4.69) is 20.8 Å². The molecular weight excluding hydrogens is 246 g/mol. The molecule has 7 nitrogen and oxygen atoms in total. The van der Waals surface area contributed by atoms with Crippen molar-refractivity contribution in [1.29, 1.82) is 0 Å². The van der Waals surface area contributed by atoms with Gasteiger partial charge in [-0.3, -0.25) is 25.4 Å². The molecule has 1 heterocycles. The smallest absolute Gasteiger partial charge is 0.289 e. The standard InChI is InChI=1S/C12H11N5O2/c13-9-3-1-8(2-4-9)11(18)16-17-12(19)10-7-14-5-6-15-10/h1-7H,13H2,(H,16,18)(H,17,19). The summed E-state index contributed by atoms with van der Waals surface area (Å²) in [6, 6.07) is 6.30.